The lowest BCUT2D eigenvalue weighted by molar-refractivity contribution is 0.0733. The predicted octanol–water partition coefficient (Wildman–Crippen LogP) is 1.26. The maximum absolute atomic E-state index is 9.56. The van der Waals surface area contributed by atoms with Gasteiger partial charge in [-0.25, -0.2) is 0 Å². The molecule has 0 unspecified atom stereocenters. The van der Waals surface area contributed by atoms with Gasteiger partial charge in [0.05, 0.1) is 13.2 Å². The van der Waals surface area contributed by atoms with Crippen LogP contribution in [0.25, 0.3) is 6.08 Å². The van der Waals surface area contributed by atoms with Crippen LogP contribution in [0.4, 0.5) is 0 Å². The first-order valence-electron chi connectivity index (χ1n) is 5.77. The smallest absolute Gasteiger partial charge is 0.150 e. The summed E-state index contributed by atoms with van der Waals surface area (Å²) >= 11 is 0. The van der Waals surface area contributed by atoms with E-state index in [9.17, 15) is 5.11 Å². The van der Waals surface area contributed by atoms with Crippen molar-refractivity contribution in [1.82, 2.24) is 0 Å². The normalized spacial score (nSPS) is 21.2. The summed E-state index contributed by atoms with van der Waals surface area (Å²) in [4.78, 5) is 0. The van der Waals surface area contributed by atoms with Crippen molar-refractivity contribution >= 4 is 6.08 Å². The fourth-order valence-electron chi connectivity index (χ4n) is 1.71. The van der Waals surface area contributed by atoms with Crippen molar-refractivity contribution < 1.29 is 14.6 Å². The Labute approximate surface area is 110 Å². The molecule has 5 heteroatoms. The average molecular weight is 256 g/mol. The molecule has 96 valence electrons. The summed E-state index contributed by atoms with van der Waals surface area (Å²) in [7, 11) is 0. The molecular formula is C14H12N2O3. The van der Waals surface area contributed by atoms with Crippen molar-refractivity contribution in [2.24, 2.45) is 0 Å². The van der Waals surface area contributed by atoms with Gasteiger partial charge < -0.3 is 14.6 Å². The third-order valence-electron chi connectivity index (χ3n) is 2.72. The van der Waals surface area contributed by atoms with Crippen LogP contribution in [0.5, 0.6) is 5.75 Å². The van der Waals surface area contributed by atoms with Gasteiger partial charge in [-0.2, -0.15) is 10.5 Å². The Kier molecular flexibility index (Phi) is 4.15. The number of aliphatic hydroxyl groups excluding tert-OH is 1. The Morgan fingerprint density at radius 2 is 1.95 bits per heavy atom. The lowest BCUT2D eigenvalue weighted by atomic mass is 10.1. The minimum absolute atomic E-state index is 0.0493. The molecule has 2 rings (SSSR count). The summed E-state index contributed by atoms with van der Waals surface area (Å²) < 4.78 is 10.7. The SMILES string of the molecule is N#CC(C#N)=Cc1ccc(O[C@H]2COC[C@@H]2O)cc1. The number of aliphatic hydroxyl groups is 1. The van der Waals surface area contributed by atoms with Gasteiger partial charge in [-0.3, -0.25) is 0 Å². The number of hydrogen-bond acceptors (Lipinski definition) is 5. The molecule has 0 radical (unpaired) electrons. The van der Waals surface area contributed by atoms with Gasteiger partial charge >= 0.3 is 0 Å². The summed E-state index contributed by atoms with van der Waals surface area (Å²) in [5.74, 6) is 0.613. The van der Waals surface area contributed by atoms with Crippen molar-refractivity contribution in [3.05, 3.63) is 35.4 Å². The molecule has 1 aliphatic rings. The summed E-state index contributed by atoms with van der Waals surface area (Å²) in [6, 6.07) is 10.5. The lowest BCUT2D eigenvalue weighted by Crippen LogP contribution is -2.29. The molecular weight excluding hydrogens is 244 g/mol. The van der Waals surface area contributed by atoms with E-state index in [-0.39, 0.29) is 11.7 Å². The predicted molar refractivity (Wildman–Crippen MR) is 66.9 cm³/mol. The van der Waals surface area contributed by atoms with Gasteiger partial charge in [0.1, 0.15) is 35.7 Å². The molecule has 0 amide bonds. The fourth-order valence-corrected chi connectivity index (χ4v) is 1.71. The van der Waals surface area contributed by atoms with Crippen LogP contribution in [0.1, 0.15) is 5.56 Å². The van der Waals surface area contributed by atoms with E-state index < -0.39 is 6.10 Å². The van der Waals surface area contributed by atoms with E-state index in [1.54, 1.807) is 36.4 Å². The molecule has 1 fully saturated rings. The second-order valence-corrected chi connectivity index (χ2v) is 4.11. The van der Waals surface area contributed by atoms with Gasteiger partial charge in [0.25, 0.3) is 0 Å². The Balaban J connectivity index is 2.05. The van der Waals surface area contributed by atoms with Gasteiger partial charge in [-0.05, 0) is 23.8 Å². The summed E-state index contributed by atoms with van der Waals surface area (Å²) in [5.41, 5.74) is 0.793. The molecule has 0 bridgehead atoms. The average Bonchev–Trinajstić information content (AvgIpc) is 2.83. The minimum atomic E-state index is -0.608. The fraction of sp³-hybridized carbons (Fsp3) is 0.286. The van der Waals surface area contributed by atoms with Crippen molar-refractivity contribution in [3.63, 3.8) is 0 Å². The topological polar surface area (TPSA) is 86.3 Å². The number of hydrogen-bond donors (Lipinski definition) is 1. The first-order chi connectivity index (χ1) is 9.22. The Morgan fingerprint density at radius 3 is 2.47 bits per heavy atom. The molecule has 1 aromatic carbocycles. The number of nitriles is 2. The maximum Gasteiger partial charge on any atom is 0.150 e. The Hall–Kier alpha value is -2.34. The first-order valence-corrected chi connectivity index (χ1v) is 5.77. The number of ether oxygens (including phenoxy) is 2. The largest absolute Gasteiger partial charge is 0.485 e. The van der Waals surface area contributed by atoms with Crippen molar-refractivity contribution in [3.8, 4) is 17.9 Å². The van der Waals surface area contributed by atoms with E-state index in [1.165, 1.54) is 6.08 Å². The zero-order chi connectivity index (χ0) is 13.7. The number of rotatable bonds is 3. The maximum atomic E-state index is 9.56. The van der Waals surface area contributed by atoms with E-state index in [0.717, 1.165) is 5.56 Å². The third kappa shape index (κ3) is 3.32. The summed E-state index contributed by atoms with van der Waals surface area (Å²) in [6.45, 7) is 0.662. The molecule has 1 aromatic rings. The Morgan fingerprint density at radius 1 is 1.26 bits per heavy atom. The quantitative estimate of drug-likeness (QED) is 0.822. The van der Waals surface area contributed by atoms with Gasteiger partial charge in [0, 0.05) is 0 Å². The van der Waals surface area contributed by atoms with Crippen LogP contribution in [-0.2, 0) is 4.74 Å². The molecule has 1 saturated heterocycles. The summed E-state index contributed by atoms with van der Waals surface area (Å²) in [6.07, 6.45) is 0.538. The van der Waals surface area contributed by atoms with E-state index in [1.807, 2.05) is 0 Å². The van der Waals surface area contributed by atoms with E-state index in [4.69, 9.17) is 20.0 Å². The van der Waals surface area contributed by atoms with Crippen LogP contribution in [0, 0.1) is 22.7 Å². The molecule has 5 nitrogen and oxygen atoms in total. The van der Waals surface area contributed by atoms with Crippen LogP contribution in [-0.4, -0.2) is 30.5 Å². The number of benzene rings is 1. The molecule has 0 spiro atoms. The second kappa shape index (κ2) is 6.01. The molecule has 19 heavy (non-hydrogen) atoms. The van der Waals surface area contributed by atoms with Crippen LogP contribution in [0.2, 0.25) is 0 Å². The second-order valence-electron chi connectivity index (χ2n) is 4.11. The van der Waals surface area contributed by atoms with Gasteiger partial charge in [-0.15, -0.1) is 0 Å². The highest BCUT2D eigenvalue weighted by molar-refractivity contribution is 5.62. The van der Waals surface area contributed by atoms with Crippen molar-refractivity contribution in [1.29, 1.82) is 10.5 Å². The highest BCUT2D eigenvalue weighted by Crippen LogP contribution is 2.19. The van der Waals surface area contributed by atoms with Crippen LogP contribution < -0.4 is 4.74 Å². The van der Waals surface area contributed by atoms with E-state index >= 15 is 0 Å². The van der Waals surface area contributed by atoms with Crippen molar-refractivity contribution in [2.75, 3.05) is 13.2 Å². The van der Waals surface area contributed by atoms with E-state index in [0.29, 0.717) is 19.0 Å². The first kappa shape index (κ1) is 13.1. The minimum Gasteiger partial charge on any atom is -0.485 e. The molecule has 1 N–H and O–H groups in total. The zero-order valence-electron chi connectivity index (χ0n) is 10.1. The van der Waals surface area contributed by atoms with Crippen molar-refractivity contribution in [2.45, 2.75) is 12.2 Å². The standard InChI is InChI=1S/C14H12N2O3/c15-6-11(7-16)5-10-1-3-12(4-2-10)19-14-9-18-8-13(14)17/h1-5,13-14,17H,8-9H2/t13-,14-/m0/s1. The molecule has 0 aliphatic carbocycles. The molecule has 1 aliphatic heterocycles. The lowest BCUT2D eigenvalue weighted by Gasteiger charge is -2.15. The molecule has 1 heterocycles. The summed E-state index contributed by atoms with van der Waals surface area (Å²) in [5, 5.41) is 26.9. The van der Waals surface area contributed by atoms with Gasteiger partial charge in [0.2, 0.25) is 0 Å². The monoisotopic (exact) mass is 256 g/mol. The van der Waals surface area contributed by atoms with Crippen LogP contribution in [0.3, 0.4) is 0 Å². The van der Waals surface area contributed by atoms with Gasteiger partial charge in [-0.1, -0.05) is 12.1 Å². The number of allylic oxidation sites excluding steroid dienone is 1. The zero-order valence-corrected chi connectivity index (χ0v) is 10.1. The van der Waals surface area contributed by atoms with Crippen LogP contribution >= 0.6 is 0 Å². The highest BCUT2D eigenvalue weighted by atomic mass is 16.6. The highest BCUT2D eigenvalue weighted by Gasteiger charge is 2.27. The van der Waals surface area contributed by atoms with Crippen LogP contribution in [0.15, 0.2) is 29.8 Å². The molecule has 0 aromatic heterocycles. The number of nitrogens with zero attached hydrogens (tertiary/aromatic N) is 2. The van der Waals surface area contributed by atoms with Gasteiger partial charge in [0.15, 0.2) is 0 Å². The third-order valence-corrected chi connectivity index (χ3v) is 2.72. The molecule has 2 atom stereocenters. The van der Waals surface area contributed by atoms with E-state index in [2.05, 4.69) is 0 Å². The Bertz CT molecular complexity index is 536. The molecule has 0 saturated carbocycles.